The van der Waals surface area contributed by atoms with Crippen molar-refractivity contribution in [1.29, 1.82) is 0 Å². The molecule has 5 heteroatoms. The molecule has 8 heavy (non-hydrogen) atoms. The second-order valence-electron chi connectivity index (χ2n) is 1.45. The zero-order valence-electron chi connectivity index (χ0n) is 5.29. The van der Waals surface area contributed by atoms with Crippen LogP contribution in [0.4, 0.5) is 0 Å². The Balaban J connectivity index is 0. The van der Waals surface area contributed by atoms with Crippen molar-refractivity contribution in [3.63, 3.8) is 0 Å². The van der Waals surface area contributed by atoms with Gasteiger partial charge in [-0.25, -0.2) is 0 Å². The predicted molar refractivity (Wildman–Crippen MR) is 25.5 cm³/mol. The van der Waals surface area contributed by atoms with Crippen LogP contribution < -0.4 is 51.4 Å². The Morgan fingerprint density at radius 2 is 2.00 bits per heavy atom. The Kier molecular flexibility index (Phi) is 8.66. The average molecular weight is 142 g/mol. The van der Waals surface area contributed by atoms with Gasteiger partial charge in [0.1, 0.15) is 0 Å². The van der Waals surface area contributed by atoms with Crippen LogP contribution in [0.25, 0.3) is 5.43 Å². The van der Waals surface area contributed by atoms with E-state index in [1.165, 1.54) is 0 Å². The van der Waals surface area contributed by atoms with E-state index in [9.17, 15) is 10.1 Å². The van der Waals surface area contributed by atoms with Crippen molar-refractivity contribution in [1.82, 2.24) is 0 Å². The van der Waals surface area contributed by atoms with Gasteiger partial charge in [-0.3, -0.25) is 10.1 Å². The molecule has 0 aliphatic carbocycles. The van der Waals surface area contributed by atoms with E-state index in [0.29, 0.717) is 0 Å². The fraction of sp³-hybridized carbons (Fsp3) is 1.00. The molecule has 0 N–H and O–H groups in total. The first-order valence-electron chi connectivity index (χ1n) is 1.98. The fourth-order valence-electron chi connectivity index (χ4n) is 0.189. The second-order valence-corrected chi connectivity index (χ2v) is 1.45. The van der Waals surface area contributed by atoms with Crippen LogP contribution in [0.1, 0.15) is 13.8 Å². The monoisotopic (exact) mass is 142 g/mol. The summed E-state index contributed by atoms with van der Waals surface area (Å²) in [5.41, 5.74) is 3.00. The van der Waals surface area contributed by atoms with Gasteiger partial charge in [-0.15, -0.1) is 0 Å². The number of rotatable bonds is 2. The number of nitrogens with zero attached hydrogens (tertiary/aromatic N) is 2. The van der Waals surface area contributed by atoms with Gasteiger partial charge in [-0.05, 0) is 5.03 Å². The first kappa shape index (κ1) is 11.6. The maximum atomic E-state index is 9.45. The summed E-state index contributed by atoms with van der Waals surface area (Å²) >= 11 is 0. The van der Waals surface area contributed by atoms with E-state index in [-0.39, 0.29) is 57.4 Å². The Hall–Kier alpha value is 0.836. The van der Waals surface area contributed by atoms with Crippen molar-refractivity contribution in [3.8, 4) is 0 Å². The van der Waals surface area contributed by atoms with Crippen molar-refractivity contribution < 1.29 is 56.4 Å². The van der Waals surface area contributed by atoms with E-state index in [4.69, 9.17) is 0 Å². The quantitative estimate of drug-likeness (QED) is 0.253. The van der Waals surface area contributed by atoms with Crippen molar-refractivity contribution >= 4 is 0 Å². The third-order valence-electron chi connectivity index (χ3n) is 0.325. The molecule has 0 saturated heterocycles. The molecule has 0 bridgehead atoms. The zero-order chi connectivity index (χ0) is 5.86. The predicted octanol–water partition coefficient (Wildman–Crippen LogP) is -2.04. The van der Waals surface area contributed by atoms with Crippen LogP contribution in [0.2, 0.25) is 0 Å². The minimum Gasteiger partial charge on any atom is -0.376 e. The van der Waals surface area contributed by atoms with Gasteiger partial charge in [-0.1, -0.05) is 19.9 Å². The second kappa shape index (κ2) is 5.96. The summed E-state index contributed by atoms with van der Waals surface area (Å²) in [7, 11) is 0. The molecular weight excluding hydrogens is 135 g/mol. The molecule has 0 aromatic rings. The van der Waals surface area contributed by atoms with E-state index >= 15 is 0 Å². The Morgan fingerprint density at radius 3 is 2.00 bits per heavy atom. The zero-order valence-corrected chi connectivity index (χ0v) is 8.41. The van der Waals surface area contributed by atoms with Crippen molar-refractivity contribution in [2.24, 2.45) is 0 Å². The van der Waals surface area contributed by atoms with E-state index in [0.717, 1.165) is 0 Å². The molecule has 0 heterocycles. The SMILES string of the molecule is CC(C)[N-][N+](=O)[O-].[K+]. The summed E-state index contributed by atoms with van der Waals surface area (Å²) in [4.78, 5) is 9.45. The number of hydrogen-bond acceptors (Lipinski definition) is 2. The van der Waals surface area contributed by atoms with Crippen LogP contribution in [0.3, 0.4) is 0 Å². The molecule has 0 radical (unpaired) electrons. The minimum absolute atomic E-state index is 0. The molecule has 0 saturated carbocycles. The largest absolute Gasteiger partial charge is 1.00 e. The Bertz CT molecular complexity index is 75.7. The molecule has 0 atom stereocenters. The summed E-state index contributed by atoms with van der Waals surface area (Å²) in [6, 6.07) is -0.199. The molecule has 0 aromatic heterocycles. The van der Waals surface area contributed by atoms with Gasteiger partial charge in [0.2, 0.25) is 0 Å². The van der Waals surface area contributed by atoms with Crippen LogP contribution in [0.5, 0.6) is 0 Å². The summed E-state index contributed by atoms with van der Waals surface area (Å²) in [5, 5.41) is 8.77. The van der Waals surface area contributed by atoms with Gasteiger partial charge in [0, 0.05) is 0 Å². The Morgan fingerprint density at radius 1 is 1.62 bits per heavy atom. The first-order chi connectivity index (χ1) is 3.13. The van der Waals surface area contributed by atoms with Gasteiger partial charge >= 0.3 is 51.4 Å². The summed E-state index contributed by atoms with van der Waals surface area (Å²) in [6.07, 6.45) is 0. The third kappa shape index (κ3) is 9.96. The standard InChI is InChI=1S/C3H7N2O2.K/c1-3(2)4-5(6)7;/h3H,1-2H3;/q-1;+1. The van der Waals surface area contributed by atoms with Crippen LogP contribution in [0.15, 0.2) is 0 Å². The smallest absolute Gasteiger partial charge is 0.376 e. The summed E-state index contributed by atoms with van der Waals surface area (Å²) in [6.45, 7) is 3.31. The maximum Gasteiger partial charge on any atom is 1.00 e. The molecule has 4 nitrogen and oxygen atoms in total. The van der Waals surface area contributed by atoms with Crippen LogP contribution in [-0.2, 0) is 0 Å². The molecule has 42 valence electrons. The Labute approximate surface area is 90.6 Å². The van der Waals surface area contributed by atoms with Crippen LogP contribution >= 0.6 is 0 Å². The molecular formula is C3H7KN2O2. The van der Waals surface area contributed by atoms with Crippen molar-refractivity contribution in [3.05, 3.63) is 15.5 Å². The van der Waals surface area contributed by atoms with Gasteiger partial charge in [0.05, 0.1) is 0 Å². The molecule has 0 aliphatic heterocycles. The van der Waals surface area contributed by atoms with E-state index in [2.05, 4.69) is 5.43 Å². The third-order valence-corrected chi connectivity index (χ3v) is 0.325. The summed E-state index contributed by atoms with van der Waals surface area (Å²) in [5.74, 6) is 0. The van der Waals surface area contributed by atoms with Crippen molar-refractivity contribution in [2.75, 3.05) is 0 Å². The van der Waals surface area contributed by atoms with Crippen LogP contribution in [0, 0.1) is 10.1 Å². The van der Waals surface area contributed by atoms with Gasteiger partial charge in [-0.2, -0.15) is 0 Å². The van der Waals surface area contributed by atoms with E-state index in [1.54, 1.807) is 13.8 Å². The van der Waals surface area contributed by atoms with Gasteiger partial charge in [0.25, 0.3) is 0 Å². The molecule has 0 rings (SSSR count). The van der Waals surface area contributed by atoms with Gasteiger partial charge < -0.3 is 5.43 Å². The van der Waals surface area contributed by atoms with Gasteiger partial charge in [0.15, 0.2) is 0 Å². The molecule has 0 spiro atoms. The summed E-state index contributed by atoms with van der Waals surface area (Å²) < 4.78 is 0. The van der Waals surface area contributed by atoms with E-state index in [1.807, 2.05) is 0 Å². The fourth-order valence-corrected chi connectivity index (χ4v) is 0.189. The number of hydrogen-bond donors (Lipinski definition) is 0. The normalized spacial score (nSPS) is 7.88. The van der Waals surface area contributed by atoms with Crippen molar-refractivity contribution in [2.45, 2.75) is 19.9 Å². The molecule has 0 unspecified atom stereocenters. The molecule has 0 aromatic carbocycles. The molecule has 0 amide bonds. The number of nitro groups is 1. The van der Waals surface area contributed by atoms with E-state index < -0.39 is 5.03 Å². The first-order valence-corrected chi connectivity index (χ1v) is 1.98. The minimum atomic E-state index is -0.676. The molecule has 0 fully saturated rings. The van der Waals surface area contributed by atoms with Crippen LogP contribution in [-0.4, -0.2) is 11.1 Å². The average Bonchev–Trinajstić information content (AvgIpc) is 1.27. The maximum absolute atomic E-state index is 9.45. The molecule has 0 aliphatic rings. The topological polar surface area (TPSA) is 57.2 Å².